The number of fused-ring (bicyclic) bond motifs is 1. The van der Waals surface area contributed by atoms with Crippen LogP contribution in [0.15, 0.2) is 10.5 Å². The Labute approximate surface area is 143 Å². The third kappa shape index (κ3) is 2.95. The fourth-order valence-corrected chi connectivity index (χ4v) is 4.31. The average Bonchev–Trinajstić information content (AvgIpc) is 3.04. The minimum Gasteiger partial charge on any atom is -0.465 e. The third-order valence-electron chi connectivity index (χ3n) is 3.71. The number of hydrogen-bond acceptors (Lipinski definition) is 6. The highest BCUT2D eigenvalue weighted by Crippen LogP contribution is 2.43. The number of thiazole rings is 1. The molecular formula is C13H13BrN4O4S. The normalized spacial score (nSPS) is 17.7. The molecule has 10 heteroatoms. The maximum atomic E-state index is 11.5. The van der Waals surface area contributed by atoms with Gasteiger partial charge in [0.15, 0.2) is 0 Å². The first-order valence-corrected chi connectivity index (χ1v) is 8.46. The Morgan fingerprint density at radius 3 is 3.04 bits per heavy atom. The van der Waals surface area contributed by atoms with E-state index in [-0.39, 0.29) is 11.7 Å². The number of anilines is 1. The molecule has 1 aromatic heterocycles. The van der Waals surface area contributed by atoms with Crippen LogP contribution in [0, 0.1) is 17.0 Å². The van der Waals surface area contributed by atoms with Gasteiger partial charge in [0.25, 0.3) is 5.69 Å². The Kier molecular flexibility index (Phi) is 4.11. The van der Waals surface area contributed by atoms with Gasteiger partial charge in [-0.1, -0.05) is 0 Å². The van der Waals surface area contributed by atoms with E-state index in [1.54, 1.807) is 0 Å². The summed E-state index contributed by atoms with van der Waals surface area (Å²) in [5.41, 5.74) is 1.03. The second-order valence-corrected chi connectivity index (χ2v) is 7.33. The van der Waals surface area contributed by atoms with E-state index < -0.39 is 11.0 Å². The van der Waals surface area contributed by atoms with Crippen LogP contribution in [0.5, 0.6) is 0 Å². The monoisotopic (exact) mass is 400 g/mol. The molecule has 0 radical (unpaired) electrons. The van der Waals surface area contributed by atoms with Gasteiger partial charge in [0.05, 0.1) is 20.7 Å². The molecular weight excluding hydrogens is 388 g/mol. The van der Waals surface area contributed by atoms with Gasteiger partial charge in [0.2, 0.25) is 0 Å². The number of hydrogen-bond donors (Lipinski definition) is 2. The van der Waals surface area contributed by atoms with Crippen molar-refractivity contribution in [3.8, 4) is 0 Å². The average molecular weight is 401 g/mol. The van der Waals surface area contributed by atoms with Crippen LogP contribution < -0.4 is 10.2 Å². The fraction of sp³-hybridized carbons (Fsp3) is 0.385. The number of aromatic nitrogens is 1. The number of nitrogens with one attached hydrogen (secondary N) is 1. The molecule has 0 saturated carbocycles. The van der Waals surface area contributed by atoms with Crippen LogP contribution in [0.25, 0.3) is 10.2 Å². The number of amides is 1. The Morgan fingerprint density at radius 1 is 1.65 bits per heavy atom. The van der Waals surface area contributed by atoms with E-state index in [1.165, 1.54) is 17.4 Å². The number of benzene rings is 1. The third-order valence-corrected chi connectivity index (χ3v) is 5.60. The molecule has 122 valence electrons. The second kappa shape index (κ2) is 5.93. The van der Waals surface area contributed by atoms with Crippen molar-refractivity contribution in [1.82, 2.24) is 10.3 Å². The lowest BCUT2D eigenvalue weighted by Gasteiger charge is -2.19. The molecule has 0 aliphatic carbocycles. The highest BCUT2D eigenvalue weighted by Gasteiger charge is 2.32. The predicted octanol–water partition coefficient (Wildman–Crippen LogP) is 3.12. The number of rotatable bonds is 3. The number of nitro groups is 1. The largest absolute Gasteiger partial charge is 0.465 e. The first-order valence-electron chi connectivity index (χ1n) is 6.85. The maximum Gasteiger partial charge on any atom is 0.404 e. The van der Waals surface area contributed by atoms with Gasteiger partial charge in [-0.3, -0.25) is 10.1 Å². The van der Waals surface area contributed by atoms with Crippen LogP contribution in [-0.2, 0) is 0 Å². The topological polar surface area (TPSA) is 109 Å². The Balaban J connectivity index is 2.09. The zero-order valence-electron chi connectivity index (χ0n) is 12.1. The van der Waals surface area contributed by atoms with Gasteiger partial charge >= 0.3 is 6.09 Å². The number of nitrogens with zero attached hydrogens (tertiary/aromatic N) is 3. The van der Waals surface area contributed by atoms with Crippen molar-refractivity contribution < 1.29 is 14.8 Å². The number of nitro benzene ring substituents is 1. The van der Waals surface area contributed by atoms with E-state index in [2.05, 4.69) is 26.2 Å². The van der Waals surface area contributed by atoms with Gasteiger partial charge < -0.3 is 15.3 Å². The van der Waals surface area contributed by atoms with E-state index >= 15 is 0 Å². The standard InChI is InChI=1S/C13H13BrN4O4S/c1-6-15-10-11(17-3-2-7(5-17)16-13(19)20)9(18(21)22)4-8(14)12(10)23-6/h4,7,16H,2-3,5H2,1H3,(H,19,20). The van der Waals surface area contributed by atoms with E-state index in [1.807, 2.05) is 11.8 Å². The van der Waals surface area contributed by atoms with E-state index in [0.29, 0.717) is 35.2 Å². The van der Waals surface area contributed by atoms with Crippen molar-refractivity contribution in [2.24, 2.45) is 0 Å². The summed E-state index contributed by atoms with van der Waals surface area (Å²) < 4.78 is 1.51. The molecule has 2 aromatic rings. The molecule has 1 fully saturated rings. The molecule has 2 heterocycles. The van der Waals surface area contributed by atoms with Crippen molar-refractivity contribution in [3.63, 3.8) is 0 Å². The summed E-state index contributed by atoms with van der Waals surface area (Å²) in [6.45, 7) is 2.78. The molecule has 1 aromatic carbocycles. The molecule has 2 N–H and O–H groups in total. The van der Waals surface area contributed by atoms with Crippen molar-refractivity contribution in [2.45, 2.75) is 19.4 Å². The maximum absolute atomic E-state index is 11.5. The molecule has 3 rings (SSSR count). The van der Waals surface area contributed by atoms with Gasteiger partial charge in [0, 0.05) is 23.6 Å². The van der Waals surface area contributed by atoms with Gasteiger partial charge in [-0.05, 0) is 29.3 Å². The fourth-order valence-electron chi connectivity index (χ4n) is 2.83. The molecule has 0 spiro atoms. The van der Waals surface area contributed by atoms with Crippen LogP contribution in [-0.4, -0.2) is 40.2 Å². The lowest BCUT2D eigenvalue weighted by Crippen LogP contribution is -2.36. The zero-order valence-corrected chi connectivity index (χ0v) is 14.5. The summed E-state index contributed by atoms with van der Waals surface area (Å²) in [5.74, 6) is 0. The molecule has 1 amide bonds. The molecule has 1 atom stereocenters. The van der Waals surface area contributed by atoms with Crippen LogP contribution in [0.3, 0.4) is 0 Å². The van der Waals surface area contributed by atoms with E-state index in [4.69, 9.17) is 5.11 Å². The van der Waals surface area contributed by atoms with E-state index in [0.717, 1.165) is 9.71 Å². The molecule has 23 heavy (non-hydrogen) atoms. The number of carbonyl (C=O) groups is 1. The number of halogens is 1. The summed E-state index contributed by atoms with van der Waals surface area (Å²) in [4.78, 5) is 28.1. The lowest BCUT2D eigenvalue weighted by atomic mass is 10.2. The van der Waals surface area contributed by atoms with Crippen molar-refractivity contribution >= 4 is 55.0 Å². The lowest BCUT2D eigenvalue weighted by molar-refractivity contribution is -0.384. The Hall–Kier alpha value is -1.94. The van der Waals surface area contributed by atoms with Crippen LogP contribution in [0.1, 0.15) is 11.4 Å². The number of aryl methyl sites for hydroxylation is 1. The molecule has 1 aliphatic heterocycles. The summed E-state index contributed by atoms with van der Waals surface area (Å²) in [6, 6.07) is 1.25. The van der Waals surface area contributed by atoms with Gasteiger partial charge in [0.1, 0.15) is 11.2 Å². The smallest absolute Gasteiger partial charge is 0.404 e. The first kappa shape index (κ1) is 15.9. The molecule has 1 aliphatic rings. The summed E-state index contributed by atoms with van der Waals surface area (Å²) in [6.07, 6.45) is -0.485. The summed E-state index contributed by atoms with van der Waals surface area (Å²) in [5, 5.41) is 23.5. The van der Waals surface area contributed by atoms with Crippen LogP contribution in [0.4, 0.5) is 16.2 Å². The van der Waals surface area contributed by atoms with E-state index in [9.17, 15) is 14.9 Å². The summed E-state index contributed by atoms with van der Waals surface area (Å²) in [7, 11) is 0. The van der Waals surface area contributed by atoms with Gasteiger partial charge in [-0.2, -0.15) is 0 Å². The highest BCUT2D eigenvalue weighted by molar-refractivity contribution is 9.10. The zero-order chi connectivity index (χ0) is 16.7. The molecule has 1 unspecified atom stereocenters. The van der Waals surface area contributed by atoms with Crippen molar-refractivity contribution in [3.05, 3.63) is 25.7 Å². The second-order valence-electron chi connectivity index (χ2n) is 5.27. The van der Waals surface area contributed by atoms with Gasteiger partial charge in [-0.25, -0.2) is 9.78 Å². The Bertz CT molecular complexity index is 809. The van der Waals surface area contributed by atoms with Crippen LogP contribution >= 0.6 is 27.3 Å². The van der Waals surface area contributed by atoms with Crippen molar-refractivity contribution in [1.29, 1.82) is 0 Å². The number of carboxylic acid groups (broad SMARTS) is 1. The minimum atomic E-state index is -1.09. The van der Waals surface area contributed by atoms with Gasteiger partial charge in [-0.15, -0.1) is 11.3 Å². The predicted molar refractivity (Wildman–Crippen MR) is 90.5 cm³/mol. The first-order chi connectivity index (χ1) is 10.9. The molecule has 1 saturated heterocycles. The SMILES string of the molecule is Cc1nc2c(N3CCC(NC(=O)O)C3)c([N+](=O)[O-])cc(Br)c2s1. The minimum absolute atomic E-state index is 0.0225. The highest BCUT2D eigenvalue weighted by atomic mass is 79.9. The molecule has 8 nitrogen and oxygen atoms in total. The van der Waals surface area contributed by atoms with Crippen molar-refractivity contribution in [2.75, 3.05) is 18.0 Å². The summed E-state index contributed by atoms with van der Waals surface area (Å²) >= 11 is 4.84. The quantitative estimate of drug-likeness (QED) is 0.604. The van der Waals surface area contributed by atoms with Crippen LogP contribution in [0.2, 0.25) is 0 Å². The Morgan fingerprint density at radius 2 is 2.39 bits per heavy atom. The molecule has 0 bridgehead atoms.